The van der Waals surface area contributed by atoms with E-state index in [2.05, 4.69) is 20.5 Å². The molecular formula is C20H17F2N5O. The summed E-state index contributed by atoms with van der Waals surface area (Å²) in [6.07, 6.45) is 0.566. The molecule has 4 heterocycles. The number of nitrogens with zero attached hydrogens (tertiary/aromatic N) is 4. The van der Waals surface area contributed by atoms with Gasteiger partial charge in [-0.15, -0.1) is 10.2 Å². The van der Waals surface area contributed by atoms with Gasteiger partial charge < -0.3 is 10.1 Å². The number of hydrogen-bond acceptors (Lipinski definition) is 5. The Hall–Kier alpha value is -3.13. The van der Waals surface area contributed by atoms with Crippen LogP contribution in [0, 0.1) is 5.82 Å². The van der Waals surface area contributed by atoms with Crippen molar-refractivity contribution in [2.45, 2.75) is 18.7 Å². The number of pyridine rings is 2. The van der Waals surface area contributed by atoms with Gasteiger partial charge in [-0.3, -0.25) is 4.40 Å². The summed E-state index contributed by atoms with van der Waals surface area (Å²) in [5.41, 5.74) is 1.74. The van der Waals surface area contributed by atoms with E-state index in [1.165, 1.54) is 12.1 Å². The van der Waals surface area contributed by atoms with E-state index in [0.29, 0.717) is 41.0 Å². The summed E-state index contributed by atoms with van der Waals surface area (Å²) in [5, 5.41) is 11.9. The highest BCUT2D eigenvalue weighted by molar-refractivity contribution is 5.86. The molecule has 5 rings (SSSR count). The van der Waals surface area contributed by atoms with Crippen LogP contribution in [0.3, 0.4) is 0 Å². The van der Waals surface area contributed by atoms with Crippen molar-refractivity contribution in [1.29, 1.82) is 0 Å². The highest BCUT2D eigenvalue weighted by atomic mass is 19.1. The van der Waals surface area contributed by atoms with Gasteiger partial charge in [0.15, 0.2) is 11.5 Å². The van der Waals surface area contributed by atoms with E-state index in [1.54, 1.807) is 12.1 Å². The molecule has 3 aromatic heterocycles. The largest absolute Gasteiger partial charge is 0.485 e. The van der Waals surface area contributed by atoms with Gasteiger partial charge >= 0.3 is 0 Å². The predicted molar refractivity (Wildman–Crippen MR) is 100 cm³/mol. The lowest BCUT2D eigenvalue weighted by Gasteiger charge is -2.27. The van der Waals surface area contributed by atoms with Crippen LogP contribution in [-0.4, -0.2) is 44.9 Å². The van der Waals surface area contributed by atoms with Gasteiger partial charge in [-0.05, 0) is 37.2 Å². The number of aromatic nitrogens is 4. The zero-order chi connectivity index (χ0) is 19.1. The van der Waals surface area contributed by atoms with E-state index in [4.69, 9.17) is 4.74 Å². The Morgan fingerprint density at radius 1 is 1.14 bits per heavy atom. The topological polar surface area (TPSA) is 64.3 Å². The molecule has 0 spiro atoms. The van der Waals surface area contributed by atoms with Gasteiger partial charge in [0.05, 0.1) is 0 Å². The molecule has 0 saturated carbocycles. The molecule has 8 heteroatoms. The second-order valence-electron chi connectivity index (χ2n) is 6.79. The van der Waals surface area contributed by atoms with Crippen molar-refractivity contribution in [1.82, 2.24) is 24.9 Å². The monoisotopic (exact) mass is 381 g/mol. The van der Waals surface area contributed by atoms with E-state index >= 15 is 0 Å². The molecule has 1 aromatic carbocycles. The highest BCUT2D eigenvalue weighted by Crippen LogP contribution is 2.30. The quantitative estimate of drug-likeness (QED) is 0.591. The summed E-state index contributed by atoms with van der Waals surface area (Å²) in [5.74, 6) is 0.354. The number of alkyl halides is 1. The van der Waals surface area contributed by atoms with Gasteiger partial charge in [-0.2, -0.15) is 0 Å². The van der Waals surface area contributed by atoms with Gasteiger partial charge in [-0.25, -0.2) is 13.8 Å². The average Bonchev–Trinajstić information content (AvgIpc) is 3.13. The molecule has 4 aromatic rings. The third-order valence-electron chi connectivity index (χ3n) is 4.89. The minimum absolute atomic E-state index is 0.225. The predicted octanol–water partition coefficient (Wildman–Crippen LogP) is 3.16. The fraction of sp³-hybridized carbons (Fsp3) is 0.250. The van der Waals surface area contributed by atoms with Crippen molar-refractivity contribution in [3.05, 3.63) is 54.5 Å². The lowest BCUT2D eigenvalue weighted by atomic mass is 10.1. The smallest absolute Gasteiger partial charge is 0.187 e. The van der Waals surface area contributed by atoms with Crippen molar-refractivity contribution in [3.63, 3.8) is 0 Å². The minimum Gasteiger partial charge on any atom is -0.485 e. The summed E-state index contributed by atoms with van der Waals surface area (Å²) >= 11 is 0. The fourth-order valence-electron chi connectivity index (χ4n) is 3.49. The first kappa shape index (κ1) is 17.0. The SMILES string of the molecule is Fc1cc(O[C@H]2CCNC[C@H]2F)c2nc(-c3nnc4ccccn34)ccc2c1. The van der Waals surface area contributed by atoms with E-state index in [0.717, 1.165) is 0 Å². The molecule has 0 bridgehead atoms. The number of halogens is 2. The van der Waals surface area contributed by atoms with Crippen molar-refractivity contribution in [3.8, 4) is 17.3 Å². The Morgan fingerprint density at radius 3 is 2.96 bits per heavy atom. The first-order valence-electron chi connectivity index (χ1n) is 9.11. The maximum Gasteiger partial charge on any atom is 0.187 e. The van der Waals surface area contributed by atoms with Crippen LogP contribution in [0.2, 0.25) is 0 Å². The number of piperidine rings is 1. The summed E-state index contributed by atoms with van der Waals surface area (Å²) in [6.45, 7) is 0.880. The van der Waals surface area contributed by atoms with E-state index < -0.39 is 18.1 Å². The zero-order valence-electron chi connectivity index (χ0n) is 14.8. The molecule has 1 N–H and O–H groups in total. The number of rotatable bonds is 3. The zero-order valence-corrected chi connectivity index (χ0v) is 14.8. The Bertz CT molecular complexity index is 1160. The van der Waals surface area contributed by atoms with Crippen LogP contribution in [0.5, 0.6) is 5.75 Å². The molecule has 1 aliphatic rings. The van der Waals surface area contributed by atoms with Crippen molar-refractivity contribution < 1.29 is 13.5 Å². The van der Waals surface area contributed by atoms with Crippen LogP contribution in [0.15, 0.2) is 48.7 Å². The van der Waals surface area contributed by atoms with Crippen LogP contribution in [0.1, 0.15) is 6.42 Å². The molecule has 0 radical (unpaired) electrons. The minimum atomic E-state index is -1.16. The summed E-state index contributed by atoms with van der Waals surface area (Å²) in [7, 11) is 0. The third kappa shape index (κ3) is 2.95. The normalized spacial score (nSPS) is 19.9. The molecule has 0 aliphatic carbocycles. The van der Waals surface area contributed by atoms with Gasteiger partial charge in [0, 0.05) is 24.2 Å². The second-order valence-corrected chi connectivity index (χ2v) is 6.79. The molecule has 0 amide bonds. The van der Waals surface area contributed by atoms with E-state index in [9.17, 15) is 8.78 Å². The fourth-order valence-corrected chi connectivity index (χ4v) is 3.49. The maximum absolute atomic E-state index is 14.2. The number of ether oxygens (including phenoxy) is 1. The van der Waals surface area contributed by atoms with Gasteiger partial charge in [0.1, 0.15) is 35.1 Å². The number of nitrogens with one attached hydrogen (secondary N) is 1. The van der Waals surface area contributed by atoms with Crippen molar-refractivity contribution in [2.75, 3.05) is 13.1 Å². The summed E-state index contributed by atoms with van der Waals surface area (Å²) < 4.78 is 36.0. The van der Waals surface area contributed by atoms with Crippen LogP contribution in [0.4, 0.5) is 8.78 Å². The summed E-state index contributed by atoms with van der Waals surface area (Å²) in [4.78, 5) is 4.65. The Labute approximate surface area is 159 Å². The lowest BCUT2D eigenvalue weighted by molar-refractivity contribution is 0.0740. The number of fused-ring (bicyclic) bond motifs is 2. The average molecular weight is 381 g/mol. The van der Waals surface area contributed by atoms with Crippen LogP contribution in [0.25, 0.3) is 28.1 Å². The molecule has 2 atom stereocenters. The molecule has 142 valence electrons. The van der Waals surface area contributed by atoms with Gasteiger partial charge in [0.25, 0.3) is 0 Å². The molecule has 28 heavy (non-hydrogen) atoms. The molecule has 6 nitrogen and oxygen atoms in total. The van der Waals surface area contributed by atoms with Crippen molar-refractivity contribution >= 4 is 16.6 Å². The van der Waals surface area contributed by atoms with Crippen LogP contribution in [-0.2, 0) is 0 Å². The summed E-state index contributed by atoms with van der Waals surface area (Å²) in [6, 6.07) is 11.8. The van der Waals surface area contributed by atoms with Crippen molar-refractivity contribution in [2.24, 2.45) is 0 Å². The highest BCUT2D eigenvalue weighted by Gasteiger charge is 2.27. The van der Waals surface area contributed by atoms with Crippen LogP contribution < -0.4 is 10.1 Å². The molecule has 0 unspecified atom stereocenters. The van der Waals surface area contributed by atoms with E-state index in [1.807, 2.05) is 28.8 Å². The standard InChI is InChI=1S/C20H17F2N5O/c21-13-9-12-4-5-15(20-26-25-18-3-1-2-8-27(18)20)24-19(12)17(10-13)28-16-6-7-23-11-14(16)22/h1-5,8-10,14,16,23H,6-7,11H2/t14-,16+/m1/s1. The third-order valence-corrected chi connectivity index (χ3v) is 4.89. The number of hydrogen-bond donors (Lipinski definition) is 1. The Balaban J connectivity index is 1.61. The first-order valence-corrected chi connectivity index (χ1v) is 9.11. The maximum atomic E-state index is 14.2. The van der Waals surface area contributed by atoms with E-state index in [-0.39, 0.29) is 12.3 Å². The molecule has 1 aliphatic heterocycles. The Kier molecular flexibility index (Phi) is 4.12. The Morgan fingerprint density at radius 2 is 2.07 bits per heavy atom. The molecule has 1 saturated heterocycles. The number of benzene rings is 1. The first-order chi connectivity index (χ1) is 13.7. The molecule has 1 fully saturated rings. The van der Waals surface area contributed by atoms with Gasteiger partial charge in [-0.1, -0.05) is 12.1 Å². The second kappa shape index (κ2) is 6.79. The van der Waals surface area contributed by atoms with Crippen LogP contribution >= 0.6 is 0 Å². The van der Waals surface area contributed by atoms with Gasteiger partial charge in [0.2, 0.25) is 0 Å². The lowest BCUT2D eigenvalue weighted by Crippen LogP contribution is -2.44. The molecular weight excluding hydrogens is 364 g/mol.